The van der Waals surface area contributed by atoms with Gasteiger partial charge >= 0.3 is 5.97 Å². The number of carbonyl (C=O) groups is 1. The van der Waals surface area contributed by atoms with Crippen LogP contribution in [0.5, 0.6) is 0 Å². The van der Waals surface area contributed by atoms with Crippen molar-refractivity contribution in [2.24, 2.45) is 0 Å². The van der Waals surface area contributed by atoms with Crippen LogP contribution in [0.25, 0.3) is 0 Å². The highest BCUT2D eigenvalue weighted by molar-refractivity contribution is 5.66. The Hall–Kier alpha value is -2.06. The number of carboxylic acids is 1. The van der Waals surface area contributed by atoms with Crippen molar-refractivity contribution in [3.8, 4) is 6.07 Å². The molecule has 0 aliphatic carbocycles. The van der Waals surface area contributed by atoms with Crippen molar-refractivity contribution in [2.75, 3.05) is 24.6 Å². The van der Waals surface area contributed by atoms with Crippen LogP contribution in [-0.4, -0.2) is 36.9 Å². The Morgan fingerprint density at radius 1 is 1.58 bits per heavy atom. The largest absolute Gasteiger partial charge is 0.481 e. The van der Waals surface area contributed by atoms with Crippen molar-refractivity contribution in [3.05, 3.63) is 29.8 Å². The average Bonchev–Trinajstić information content (AvgIpc) is 2.45. The molecule has 1 atom stereocenters. The zero-order valence-electron chi connectivity index (χ0n) is 10.6. The molecule has 1 saturated heterocycles. The third-order valence-electron chi connectivity index (χ3n) is 3.16. The second-order valence-electron chi connectivity index (χ2n) is 4.53. The first-order valence-electron chi connectivity index (χ1n) is 6.27. The van der Waals surface area contributed by atoms with Crippen LogP contribution in [0.3, 0.4) is 0 Å². The smallest absolute Gasteiger partial charge is 0.303 e. The van der Waals surface area contributed by atoms with Crippen LogP contribution in [0, 0.1) is 11.3 Å². The molecular formula is C14H16N2O3. The van der Waals surface area contributed by atoms with E-state index in [1.54, 1.807) is 6.07 Å². The fourth-order valence-corrected chi connectivity index (χ4v) is 2.19. The van der Waals surface area contributed by atoms with Crippen molar-refractivity contribution in [2.45, 2.75) is 18.9 Å². The lowest BCUT2D eigenvalue weighted by molar-refractivity contribution is -0.137. The number of morpholine rings is 1. The van der Waals surface area contributed by atoms with Gasteiger partial charge in [-0.2, -0.15) is 5.26 Å². The minimum atomic E-state index is -0.799. The summed E-state index contributed by atoms with van der Waals surface area (Å²) < 4.78 is 5.57. The Kier molecular flexibility index (Phi) is 4.37. The molecule has 0 amide bonds. The molecule has 0 bridgehead atoms. The van der Waals surface area contributed by atoms with E-state index in [1.807, 2.05) is 18.2 Å². The molecule has 0 spiro atoms. The highest BCUT2D eigenvalue weighted by Gasteiger charge is 2.21. The minimum Gasteiger partial charge on any atom is -0.481 e. The van der Waals surface area contributed by atoms with E-state index in [0.29, 0.717) is 25.1 Å². The second-order valence-corrected chi connectivity index (χ2v) is 4.53. The summed E-state index contributed by atoms with van der Waals surface area (Å²) in [6.07, 6.45) is 0.580. The standard InChI is InChI=1S/C14H16N2O3/c15-9-11-2-1-3-12(8-11)16-6-7-19-13(10-16)4-5-14(17)18/h1-3,8,13H,4-7,10H2,(H,17,18). The predicted molar refractivity (Wildman–Crippen MR) is 70.0 cm³/mol. The van der Waals surface area contributed by atoms with Crippen molar-refractivity contribution < 1.29 is 14.6 Å². The number of nitriles is 1. The maximum Gasteiger partial charge on any atom is 0.303 e. The second kappa shape index (κ2) is 6.21. The van der Waals surface area contributed by atoms with Gasteiger partial charge in [-0.3, -0.25) is 4.79 Å². The van der Waals surface area contributed by atoms with Gasteiger partial charge in [0.05, 0.1) is 24.3 Å². The van der Waals surface area contributed by atoms with Gasteiger partial charge in [0, 0.05) is 25.2 Å². The minimum absolute atomic E-state index is 0.0596. The van der Waals surface area contributed by atoms with Gasteiger partial charge in [0.1, 0.15) is 0 Å². The van der Waals surface area contributed by atoms with Gasteiger partial charge in [0.2, 0.25) is 0 Å². The summed E-state index contributed by atoms with van der Waals surface area (Å²) in [5.41, 5.74) is 1.62. The third-order valence-corrected chi connectivity index (χ3v) is 3.16. The molecule has 1 heterocycles. The topological polar surface area (TPSA) is 73.6 Å². The fourth-order valence-electron chi connectivity index (χ4n) is 2.19. The van der Waals surface area contributed by atoms with E-state index in [-0.39, 0.29) is 12.5 Å². The Morgan fingerprint density at radius 2 is 2.42 bits per heavy atom. The maximum absolute atomic E-state index is 10.6. The molecule has 5 heteroatoms. The Morgan fingerprint density at radius 3 is 3.16 bits per heavy atom. The van der Waals surface area contributed by atoms with Gasteiger partial charge in [0.25, 0.3) is 0 Å². The first kappa shape index (κ1) is 13.4. The molecule has 1 aromatic rings. The summed E-state index contributed by atoms with van der Waals surface area (Å²) in [6.45, 7) is 2.02. The fraction of sp³-hybridized carbons (Fsp3) is 0.429. The number of carboxylic acid groups (broad SMARTS) is 1. The molecule has 1 fully saturated rings. The predicted octanol–water partition coefficient (Wildman–Crippen LogP) is 1.63. The zero-order valence-corrected chi connectivity index (χ0v) is 10.6. The molecule has 5 nitrogen and oxygen atoms in total. The van der Waals surface area contributed by atoms with Crippen molar-refractivity contribution in [1.29, 1.82) is 5.26 Å². The molecule has 100 valence electrons. The first-order valence-corrected chi connectivity index (χ1v) is 6.27. The lowest BCUT2D eigenvalue weighted by atomic mass is 10.1. The molecule has 0 aromatic heterocycles. The third kappa shape index (κ3) is 3.70. The summed E-state index contributed by atoms with van der Waals surface area (Å²) in [5.74, 6) is -0.799. The summed E-state index contributed by atoms with van der Waals surface area (Å²) in [6, 6.07) is 9.55. The Bertz CT molecular complexity index is 496. The number of hydrogen-bond donors (Lipinski definition) is 1. The Labute approximate surface area is 112 Å². The van der Waals surface area contributed by atoms with Crippen LogP contribution in [0.1, 0.15) is 18.4 Å². The molecule has 1 unspecified atom stereocenters. The van der Waals surface area contributed by atoms with Crippen LogP contribution < -0.4 is 4.90 Å². The van der Waals surface area contributed by atoms with Crippen LogP contribution in [0.2, 0.25) is 0 Å². The van der Waals surface area contributed by atoms with Gasteiger partial charge in [-0.15, -0.1) is 0 Å². The Balaban J connectivity index is 2.00. The SMILES string of the molecule is N#Cc1cccc(N2CCOC(CCC(=O)O)C2)c1. The monoisotopic (exact) mass is 260 g/mol. The number of ether oxygens (including phenoxy) is 1. The van der Waals surface area contributed by atoms with E-state index in [0.717, 1.165) is 12.2 Å². The van der Waals surface area contributed by atoms with Crippen LogP contribution in [0.15, 0.2) is 24.3 Å². The van der Waals surface area contributed by atoms with Crippen LogP contribution in [0.4, 0.5) is 5.69 Å². The highest BCUT2D eigenvalue weighted by Crippen LogP contribution is 2.20. The zero-order chi connectivity index (χ0) is 13.7. The van der Waals surface area contributed by atoms with E-state index >= 15 is 0 Å². The molecule has 0 saturated carbocycles. The van der Waals surface area contributed by atoms with Gasteiger partial charge in [-0.25, -0.2) is 0 Å². The number of benzene rings is 1. The van der Waals surface area contributed by atoms with Gasteiger partial charge < -0.3 is 14.7 Å². The molecule has 1 aromatic carbocycles. The normalized spacial score (nSPS) is 18.9. The van der Waals surface area contributed by atoms with Gasteiger partial charge in [-0.1, -0.05) is 6.07 Å². The molecule has 1 aliphatic rings. The van der Waals surface area contributed by atoms with E-state index in [2.05, 4.69) is 11.0 Å². The van der Waals surface area contributed by atoms with E-state index in [9.17, 15) is 4.79 Å². The van der Waals surface area contributed by atoms with Crippen molar-refractivity contribution in [1.82, 2.24) is 0 Å². The van der Waals surface area contributed by atoms with Crippen molar-refractivity contribution in [3.63, 3.8) is 0 Å². The molecule has 0 radical (unpaired) electrons. The maximum atomic E-state index is 10.6. The first-order chi connectivity index (χ1) is 9.19. The number of rotatable bonds is 4. The lowest BCUT2D eigenvalue weighted by Crippen LogP contribution is -2.42. The van der Waals surface area contributed by atoms with Crippen LogP contribution in [-0.2, 0) is 9.53 Å². The molecular weight excluding hydrogens is 244 g/mol. The average molecular weight is 260 g/mol. The quantitative estimate of drug-likeness (QED) is 0.890. The summed E-state index contributed by atoms with van der Waals surface area (Å²) in [4.78, 5) is 12.7. The highest BCUT2D eigenvalue weighted by atomic mass is 16.5. The number of nitrogens with zero attached hydrogens (tertiary/aromatic N) is 2. The van der Waals surface area contributed by atoms with E-state index < -0.39 is 5.97 Å². The lowest BCUT2D eigenvalue weighted by Gasteiger charge is -2.34. The summed E-state index contributed by atoms with van der Waals surface area (Å²) in [5, 5.41) is 17.6. The van der Waals surface area contributed by atoms with Crippen LogP contribution >= 0.6 is 0 Å². The molecule has 1 aliphatic heterocycles. The molecule has 1 N–H and O–H groups in total. The molecule has 19 heavy (non-hydrogen) atoms. The summed E-state index contributed by atoms with van der Waals surface area (Å²) >= 11 is 0. The van der Waals surface area contributed by atoms with Gasteiger partial charge in [-0.05, 0) is 24.6 Å². The van der Waals surface area contributed by atoms with E-state index in [1.165, 1.54) is 0 Å². The molecule has 2 rings (SSSR count). The van der Waals surface area contributed by atoms with E-state index in [4.69, 9.17) is 15.1 Å². The number of aliphatic carboxylic acids is 1. The number of anilines is 1. The number of hydrogen-bond acceptors (Lipinski definition) is 4. The summed E-state index contributed by atoms with van der Waals surface area (Å²) in [7, 11) is 0. The van der Waals surface area contributed by atoms with Crippen molar-refractivity contribution >= 4 is 11.7 Å². The van der Waals surface area contributed by atoms with Gasteiger partial charge in [0.15, 0.2) is 0 Å².